The van der Waals surface area contributed by atoms with Gasteiger partial charge in [0.15, 0.2) is 0 Å². The van der Waals surface area contributed by atoms with Crippen molar-refractivity contribution in [3.63, 3.8) is 0 Å². The van der Waals surface area contributed by atoms with E-state index < -0.39 is 0 Å². The van der Waals surface area contributed by atoms with Crippen molar-refractivity contribution in [1.29, 1.82) is 0 Å². The quantitative estimate of drug-likeness (QED) is 0.680. The van der Waals surface area contributed by atoms with Crippen LogP contribution in [0, 0.1) is 17.3 Å². The number of hydrogen-bond acceptors (Lipinski definition) is 1. The average molecular weight is 254 g/mol. The van der Waals surface area contributed by atoms with Crippen molar-refractivity contribution < 1.29 is 5.11 Å². The second-order valence-corrected chi connectivity index (χ2v) is 6.98. The maximum Gasteiger partial charge on any atom is 0.115 e. The molecule has 100 valence electrons. The van der Waals surface area contributed by atoms with E-state index in [1.165, 1.54) is 36.8 Å². The molecule has 1 nitrogen and oxygen atoms in total. The van der Waals surface area contributed by atoms with Crippen LogP contribution in [0.25, 0.3) is 0 Å². The highest BCUT2D eigenvalue weighted by atomic mass is 16.3. The third-order valence-electron chi connectivity index (χ3n) is 6.04. The first-order valence-corrected chi connectivity index (χ1v) is 7.67. The summed E-state index contributed by atoms with van der Waals surface area (Å²) >= 11 is 0. The van der Waals surface area contributed by atoms with E-state index in [0.717, 1.165) is 24.2 Å². The second kappa shape index (κ2) is 3.88. The third-order valence-corrected chi connectivity index (χ3v) is 6.04. The van der Waals surface area contributed by atoms with Crippen LogP contribution in [0.2, 0.25) is 0 Å². The van der Waals surface area contributed by atoms with Gasteiger partial charge in [0.05, 0.1) is 0 Å². The average Bonchev–Trinajstić information content (AvgIpc) is 2.79. The summed E-state index contributed by atoms with van der Waals surface area (Å²) in [6.07, 6.45) is 11.3. The lowest BCUT2D eigenvalue weighted by atomic mass is 9.56. The predicted octanol–water partition coefficient (Wildman–Crippen LogP) is 4.41. The molecule has 1 N–H and O–H groups in total. The van der Waals surface area contributed by atoms with Gasteiger partial charge >= 0.3 is 0 Å². The zero-order valence-corrected chi connectivity index (χ0v) is 11.6. The third kappa shape index (κ3) is 1.60. The standard InChI is InChI=1S/C18H22O/c1-18-9-2-3-17(18)16-6-4-12-11-13(19)5-7-14(12)15(16)8-10-18/h2,5,7,9,11,15-17,19H,3-4,6,8,10H2,1H3/t15-,16+,17+,18+/m1/s1. The molecule has 1 fully saturated rings. The van der Waals surface area contributed by atoms with Crippen molar-refractivity contribution in [2.24, 2.45) is 17.3 Å². The number of aromatic hydroxyl groups is 1. The summed E-state index contributed by atoms with van der Waals surface area (Å²) in [4.78, 5) is 0. The number of allylic oxidation sites excluding steroid dienone is 2. The van der Waals surface area contributed by atoms with E-state index in [2.05, 4.69) is 25.1 Å². The zero-order chi connectivity index (χ0) is 13.0. The van der Waals surface area contributed by atoms with Crippen LogP contribution in [-0.2, 0) is 6.42 Å². The van der Waals surface area contributed by atoms with Gasteiger partial charge in [0.2, 0.25) is 0 Å². The molecule has 3 aliphatic carbocycles. The number of benzene rings is 1. The minimum atomic E-state index is 0.431. The summed E-state index contributed by atoms with van der Waals surface area (Å²) in [5.74, 6) is 2.88. The lowest BCUT2D eigenvalue weighted by molar-refractivity contribution is 0.0826. The molecule has 0 bridgehead atoms. The van der Waals surface area contributed by atoms with Crippen LogP contribution in [0.4, 0.5) is 0 Å². The number of aryl methyl sites for hydroxylation is 1. The number of hydrogen-bond donors (Lipinski definition) is 1. The number of phenols is 1. The van der Waals surface area contributed by atoms with Crippen molar-refractivity contribution >= 4 is 0 Å². The van der Waals surface area contributed by atoms with Gasteiger partial charge in [-0.1, -0.05) is 25.1 Å². The van der Waals surface area contributed by atoms with Gasteiger partial charge in [0, 0.05) is 0 Å². The Labute approximate surface area is 115 Å². The zero-order valence-electron chi connectivity index (χ0n) is 11.6. The first kappa shape index (κ1) is 11.6. The SMILES string of the molecule is C[C@@]12C=CC[C@H]1[C@H]1CCc3cc(O)ccc3[C@H]1CC2. The van der Waals surface area contributed by atoms with Crippen molar-refractivity contribution in [2.75, 3.05) is 0 Å². The van der Waals surface area contributed by atoms with E-state index in [0.29, 0.717) is 11.2 Å². The van der Waals surface area contributed by atoms with E-state index in [4.69, 9.17) is 0 Å². The monoisotopic (exact) mass is 254 g/mol. The summed E-state index contributed by atoms with van der Waals surface area (Å²) in [6.45, 7) is 2.46. The van der Waals surface area contributed by atoms with Gasteiger partial charge in [-0.25, -0.2) is 0 Å². The normalized spacial score (nSPS) is 39.5. The van der Waals surface area contributed by atoms with Crippen LogP contribution < -0.4 is 0 Å². The minimum absolute atomic E-state index is 0.431. The molecule has 19 heavy (non-hydrogen) atoms. The molecule has 0 spiro atoms. The Kier molecular flexibility index (Phi) is 2.36. The van der Waals surface area contributed by atoms with Crippen molar-refractivity contribution in [2.45, 2.75) is 44.9 Å². The fourth-order valence-electron chi connectivity index (χ4n) is 5.05. The van der Waals surface area contributed by atoms with Gasteiger partial charge < -0.3 is 5.11 Å². The van der Waals surface area contributed by atoms with Gasteiger partial charge in [-0.05, 0) is 78.5 Å². The molecule has 1 heteroatoms. The summed E-state index contributed by atoms with van der Waals surface area (Å²) in [6, 6.07) is 6.06. The maximum atomic E-state index is 9.67. The van der Waals surface area contributed by atoms with E-state index in [9.17, 15) is 5.11 Å². The number of phenolic OH excluding ortho intramolecular Hbond substituents is 1. The van der Waals surface area contributed by atoms with Gasteiger partial charge in [0.25, 0.3) is 0 Å². The molecule has 4 rings (SSSR count). The van der Waals surface area contributed by atoms with E-state index in [1.807, 2.05) is 12.1 Å². The summed E-state index contributed by atoms with van der Waals surface area (Å²) in [5, 5.41) is 9.67. The summed E-state index contributed by atoms with van der Waals surface area (Å²) in [7, 11) is 0. The Morgan fingerprint density at radius 1 is 1.26 bits per heavy atom. The Bertz CT molecular complexity index is 545. The Morgan fingerprint density at radius 2 is 2.16 bits per heavy atom. The molecule has 0 amide bonds. The van der Waals surface area contributed by atoms with Crippen LogP contribution >= 0.6 is 0 Å². The summed E-state index contributed by atoms with van der Waals surface area (Å²) in [5.41, 5.74) is 3.40. The highest BCUT2D eigenvalue weighted by molar-refractivity contribution is 5.40. The van der Waals surface area contributed by atoms with Crippen molar-refractivity contribution in [3.05, 3.63) is 41.5 Å². The molecule has 0 radical (unpaired) electrons. The van der Waals surface area contributed by atoms with Gasteiger partial charge in [-0.15, -0.1) is 0 Å². The first-order valence-electron chi connectivity index (χ1n) is 7.67. The van der Waals surface area contributed by atoms with Crippen LogP contribution in [0.15, 0.2) is 30.4 Å². The van der Waals surface area contributed by atoms with Crippen molar-refractivity contribution in [1.82, 2.24) is 0 Å². The molecule has 4 atom stereocenters. The molecule has 0 heterocycles. The highest BCUT2D eigenvalue weighted by Crippen LogP contribution is 2.58. The molecule has 1 saturated carbocycles. The molecular weight excluding hydrogens is 232 g/mol. The van der Waals surface area contributed by atoms with E-state index >= 15 is 0 Å². The Balaban J connectivity index is 1.73. The number of fused-ring (bicyclic) bond motifs is 5. The van der Waals surface area contributed by atoms with Crippen molar-refractivity contribution in [3.8, 4) is 5.75 Å². The summed E-state index contributed by atoms with van der Waals surface area (Å²) < 4.78 is 0. The fraction of sp³-hybridized carbons (Fsp3) is 0.556. The molecule has 0 aromatic heterocycles. The topological polar surface area (TPSA) is 20.2 Å². The van der Waals surface area contributed by atoms with Gasteiger partial charge in [0.1, 0.15) is 5.75 Å². The molecule has 1 aromatic rings. The minimum Gasteiger partial charge on any atom is -0.508 e. The molecule has 0 unspecified atom stereocenters. The molecule has 0 saturated heterocycles. The lowest BCUT2D eigenvalue weighted by Crippen LogP contribution is -2.39. The van der Waals surface area contributed by atoms with E-state index in [-0.39, 0.29) is 0 Å². The maximum absolute atomic E-state index is 9.67. The largest absolute Gasteiger partial charge is 0.508 e. The smallest absolute Gasteiger partial charge is 0.115 e. The molecule has 1 aromatic carbocycles. The number of rotatable bonds is 0. The predicted molar refractivity (Wildman–Crippen MR) is 77.2 cm³/mol. The molecule has 0 aliphatic heterocycles. The van der Waals surface area contributed by atoms with Gasteiger partial charge in [-0.3, -0.25) is 0 Å². The van der Waals surface area contributed by atoms with Crippen LogP contribution in [0.1, 0.15) is 49.7 Å². The first-order chi connectivity index (χ1) is 9.17. The van der Waals surface area contributed by atoms with Gasteiger partial charge in [-0.2, -0.15) is 0 Å². The molecule has 3 aliphatic rings. The highest BCUT2D eigenvalue weighted by Gasteiger charge is 2.48. The Morgan fingerprint density at radius 3 is 3.05 bits per heavy atom. The van der Waals surface area contributed by atoms with E-state index in [1.54, 1.807) is 0 Å². The van der Waals surface area contributed by atoms with Crippen LogP contribution in [0.5, 0.6) is 5.75 Å². The fourth-order valence-corrected chi connectivity index (χ4v) is 5.05. The lowest BCUT2D eigenvalue weighted by Gasteiger charge is -2.49. The van der Waals surface area contributed by atoms with Crippen LogP contribution in [-0.4, -0.2) is 5.11 Å². The second-order valence-electron chi connectivity index (χ2n) is 6.98. The Hall–Kier alpha value is -1.24. The van der Waals surface area contributed by atoms with Crippen LogP contribution in [0.3, 0.4) is 0 Å². The molecular formula is C18H22O.